The van der Waals surface area contributed by atoms with E-state index in [1.165, 1.54) is 10.9 Å². The molecule has 0 fully saturated rings. The highest BCUT2D eigenvalue weighted by Gasteiger charge is 2.32. The molecule has 4 aromatic heterocycles. The van der Waals surface area contributed by atoms with Gasteiger partial charge in [-0.2, -0.15) is 5.10 Å². The van der Waals surface area contributed by atoms with Crippen LogP contribution in [0.4, 0.5) is 4.39 Å². The van der Waals surface area contributed by atoms with Crippen LogP contribution in [0.2, 0.25) is 0 Å². The number of H-pyrrole nitrogens is 1. The lowest BCUT2D eigenvalue weighted by atomic mass is 9.94. The van der Waals surface area contributed by atoms with Gasteiger partial charge in [0.05, 0.1) is 22.2 Å². The van der Waals surface area contributed by atoms with Crippen LogP contribution >= 0.6 is 11.3 Å². The van der Waals surface area contributed by atoms with Crippen molar-refractivity contribution in [3.63, 3.8) is 0 Å². The highest BCUT2D eigenvalue weighted by atomic mass is 32.1. The second-order valence-electron chi connectivity index (χ2n) is 10.2. The Balaban J connectivity index is 1.26. The largest absolute Gasteiger partial charge is 0.336 e. The van der Waals surface area contributed by atoms with Crippen molar-refractivity contribution in [2.24, 2.45) is 7.05 Å². The van der Waals surface area contributed by atoms with E-state index < -0.39 is 0 Å². The van der Waals surface area contributed by atoms with Gasteiger partial charge in [0.15, 0.2) is 5.65 Å². The molecule has 0 atom stereocenters. The number of hydrogen-bond donors (Lipinski definition) is 1. The third kappa shape index (κ3) is 3.80. The Morgan fingerprint density at radius 1 is 1.17 bits per heavy atom. The van der Waals surface area contributed by atoms with Crippen molar-refractivity contribution in [3.8, 4) is 22.5 Å². The summed E-state index contributed by atoms with van der Waals surface area (Å²) in [5, 5.41) is 4.20. The van der Waals surface area contributed by atoms with Crippen molar-refractivity contribution in [1.82, 2.24) is 29.6 Å². The topological polar surface area (TPSA) is 79.7 Å². The molecule has 0 saturated heterocycles. The molecule has 1 amide bonds. The lowest BCUT2D eigenvalue weighted by Gasteiger charge is -2.19. The van der Waals surface area contributed by atoms with Crippen molar-refractivity contribution < 1.29 is 9.18 Å². The van der Waals surface area contributed by atoms with Crippen LogP contribution in [0.5, 0.6) is 0 Å². The van der Waals surface area contributed by atoms with Crippen LogP contribution in [0, 0.1) is 5.82 Å². The molecule has 1 aromatic carbocycles. The van der Waals surface area contributed by atoms with Gasteiger partial charge in [0.2, 0.25) is 0 Å². The summed E-state index contributed by atoms with van der Waals surface area (Å²) in [4.78, 5) is 28.9. The number of aromatic amines is 1. The first-order valence-electron chi connectivity index (χ1n) is 11.7. The van der Waals surface area contributed by atoms with Gasteiger partial charge in [-0.15, -0.1) is 11.3 Å². The number of aryl methyl sites for hydroxylation is 1. The zero-order chi connectivity index (χ0) is 25.2. The normalized spacial score (nSPS) is 13.7. The van der Waals surface area contributed by atoms with Crippen LogP contribution in [0.3, 0.4) is 0 Å². The fourth-order valence-corrected chi connectivity index (χ4v) is 5.72. The van der Waals surface area contributed by atoms with Gasteiger partial charge in [0, 0.05) is 48.5 Å². The monoisotopic (exact) mass is 500 g/mol. The van der Waals surface area contributed by atoms with Crippen molar-refractivity contribution in [2.45, 2.75) is 39.3 Å². The molecule has 5 heterocycles. The highest BCUT2D eigenvalue weighted by Crippen LogP contribution is 2.38. The number of carbonyl (C=O) groups excluding carboxylic acids is 1. The Morgan fingerprint density at radius 3 is 2.69 bits per heavy atom. The van der Waals surface area contributed by atoms with E-state index in [9.17, 15) is 4.79 Å². The van der Waals surface area contributed by atoms with Crippen LogP contribution in [0.1, 0.15) is 46.4 Å². The van der Waals surface area contributed by atoms with Gasteiger partial charge in [0.25, 0.3) is 5.91 Å². The lowest BCUT2D eigenvalue weighted by Crippen LogP contribution is -2.24. The number of nitrogens with one attached hydrogen (secondary N) is 1. The predicted molar refractivity (Wildman–Crippen MR) is 138 cm³/mol. The minimum absolute atomic E-state index is 0.00777. The molecular formula is C27H25FN6OS. The summed E-state index contributed by atoms with van der Waals surface area (Å²) in [5.74, 6) is 0.290. The van der Waals surface area contributed by atoms with E-state index in [1.807, 2.05) is 25.4 Å². The molecule has 7 nitrogen and oxygen atoms in total. The van der Waals surface area contributed by atoms with Gasteiger partial charge in [-0.05, 0) is 34.7 Å². The van der Waals surface area contributed by atoms with Gasteiger partial charge < -0.3 is 9.88 Å². The van der Waals surface area contributed by atoms with E-state index in [2.05, 4.69) is 46.9 Å². The second kappa shape index (κ2) is 8.09. The van der Waals surface area contributed by atoms with Gasteiger partial charge in [-0.3, -0.25) is 9.48 Å². The first kappa shape index (κ1) is 22.6. The second-order valence-corrected chi connectivity index (χ2v) is 11.3. The molecule has 0 unspecified atom stereocenters. The minimum Gasteiger partial charge on any atom is -0.336 e. The molecule has 0 saturated carbocycles. The maximum atomic E-state index is 15.3. The number of rotatable bonds is 4. The summed E-state index contributed by atoms with van der Waals surface area (Å²) >= 11 is 1.55. The number of pyridine rings is 1. The molecule has 1 aliphatic rings. The number of thiophene rings is 1. The average Bonchev–Trinajstić information content (AvgIpc) is 3.59. The smallest absolute Gasteiger partial charge is 0.264 e. The maximum Gasteiger partial charge on any atom is 0.264 e. The van der Waals surface area contributed by atoms with Crippen molar-refractivity contribution in [2.75, 3.05) is 0 Å². The Labute approximate surface area is 211 Å². The summed E-state index contributed by atoms with van der Waals surface area (Å²) in [7, 11) is 1.85. The van der Waals surface area contributed by atoms with Gasteiger partial charge >= 0.3 is 0 Å². The minimum atomic E-state index is -0.345. The molecule has 1 N–H and O–H groups in total. The predicted octanol–water partition coefficient (Wildman–Crippen LogP) is 5.68. The van der Waals surface area contributed by atoms with Crippen LogP contribution in [-0.4, -0.2) is 35.5 Å². The van der Waals surface area contributed by atoms with E-state index in [0.717, 1.165) is 27.1 Å². The molecular weight excluding hydrogens is 475 g/mol. The third-order valence-corrected chi connectivity index (χ3v) is 8.08. The number of nitrogens with zero attached hydrogens (tertiary/aromatic N) is 5. The Kier molecular flexibility index (Phi) is 5.08. The molecule has 36 heavy (non-hydrogen) atoms. The first-order chi connectivity index (χ1) is 17.2. The summed E-state index contributed by atoms with van der Waals surface area (Å²) in [6.07, 6.45) is 5.27. The maximum absolute atomic E-state index is 15.3. The molecule has 0 spiro atoms. The standard InChI is InChI=1S/C27H25FN6OS/c1-27(2,3)21-10-17-14-34(26(35)23(17)36-21)13-16-6-5-15(9-20(16)28)19-7-8-29-25-22(19)31-24(32-25)18-11-30-33(4)12-18/h5-12H,13-14H2,1-4H3,(H,29,31,32). The van der Waals surface area contributed by atoms with E-state index >= 15 is 4.39 Å². The summed E-state index contributed by atoms with van der Waals surface area (Å²) < 4.78 is 17.0. The van der Waals surface area contributed by atoms with Crippen LogP contribution < -0.4 is 0 Å². The van der Waals surface area contributed by atoms with Crippen LogP contribution in [0.25, 0.3) is 33.7 Å². The quantitative estimate of drug-likeness (QED) is 0.344. The summed E-state index contributed by atoms with van der Waals surface area (Å²) in [5.41, 5.74) is 5.19. The van der Waals surface area contributed by atoms with E-state index in [1.54, 1.807) is 39.4 Å². The zero-order valence-electron chi connectivity index (χ0n) is 20.5. The molecule has 5 aromatic rings. The molecule has 1 aliphatic heterocycles. The van der Waals surface area contributed by atoms with Gasteiger partial charge in [-0.1, -0.05) is 32.9 Å². The highest BCUT2D eigenvalue weighted by molar-refractivity contribution is 7.14. The Hall–Kier alpha value is -3.85. The molecule has 0 aliphatic carbocycles. The number of benzene rings is 1. The molecule has 182 valence electrons. The van der Waals surface area contributed by atoms with Crippen molar-refractivity contribution in [1.29, 1.82) is 0 Å². The number of hydrogen-bond acceptors (Lipinski definition) is 5. The Morgan fingerprint density at radius 2 is 2.00 bits per heavy atom. The van der Waals surface area contributed by atoms with Crippen molar-refractivity contribution in [3.05, 3.63) is 75.6 Å². The average molecular weight is 501 g/mol. The molecule has 6 rings (SSSR count). The number of aromatic nitrogens is 5. The van der Waals surface area contributed by atoms with Crippen LogP contribution in [-0.2, 0) is 25.6 Å². The van der Waals surface area contributed by atoms with Gasteiger partial charge in [-0.25, -0.2) is 14.4 Å². The summed E-state index contributed by atoms with van der Waals surface area (Å²) in [6, 6.07) is 9.12. The summed E-state index contributed by atoms with van der Waals surface area (Å²) in [6.45, 7) is 7.18. The number of amides is 1. The fourth-order valence-electron chi connectivity index (χ4n) is 4.53. The first-order valence-corrected chi connectivity index (χ1v) is 12.5. The van der Waals surface area contributed by atoms with E-state index in [0.29, 0.717) is 29.1 Å². The molecule has 0 bridgehead atoms. The van der Waals surface area contributed by atoms with E-state index in [-0.39, 0.29) is 23.7 Å². The molecule has 0 radical (unpaired) electrons. The number of carbonyl (C=O) groups is 1. The van der Waals surface area contributed by atoms with Crippen LogP contribution in [0.15, 0.2) is 48.9 Å². The van der Waals surface area contributed by atoms with Gasteiger partial charge in [0.1, 0.15) is 11.6 Å². The number of imidazole rings is 1. The Bertz CT molecular complexity index is 1640. The molecule has 9 heteroatoms. The number of fused-ring (bicyclic) bond motifs is 2. The SMILES string of the molecule is Cn1cc(-c2nc3nccc(-c4ccc(CN5Cc6cc(C(C)(C)C)sc6C5=O)c(F)c4)c3[nH]2)cn1. The fraction of sp³-hybridized carbons (Fsp3) is 0.259. The van der Waals surface area contributed by atoms with Crippen molar-refractivity contribution >= 4 is 28.4 Å². The van der Waals surface area contributed by atoms with E-state index in [4.69, 9.17) is 0 Å². The number of halogens is 1. The third-order valence-electron chi connectivity index (χ3n) is 6.49. The lowest BCUT2D eigenvalue weighted by molar-refractivity contribution is 0.0768. The zero-order valence-corrected chi connectivity index (χ0v) is 21.3.